The molecule has 1 aliphatic carbocycles. The summed E-state index contributed by atoms with van der Waals surface area (Å²) in [5, 5.41) is 3.26. The monoisotopic (exact) mass is 308 g/mol. The molecular formula is C16H24N2O2S. The Labute approximate surface area is 127 Å². The van der Waals surface area contributed by atoms with Crippen LogP contribution in [0.5, 0.6) is 0 Å². The van der Waals surface area contributed by atoms with Crippen LogP contribution >= 0.6 is 0 Å². The van der Waals surface area contributed by atoms with Crippen LogP contribution in [0.2, 0.25) is 0 Å². The van der Waals surface area contributed by atoms with Crippen molar-refractivity contribution < 1.29 is 8.42 Å². The second-order valence-electron chi connectivity index (χ2n) is 6.47. The summed E-state index contributed by atoms with van der Waals surface area (Å²) < 4.78 is 27.2. The van der Waals surface area contributed by atoms with Gasteiger partial charge in [-0.25, -0.2) is 8.42 Å². The van der Waals surface area contributed by atoms with E-state index in [0.717, 1.165) is 50.3 Å². The fourth-order valence-corrected chi connectivity index (χ4v) is 4.87. The van der Waals surface area contributed by atoms with Gasteiger partial charge >= 0.3 is 0 Å². The lowest BCUT2D eigenvalue weighted by Crippen LogP contribution is -2.39. The lowest BCUT2D eigenvalue weighted by atomic mass is 9.87. The molecule has 116 valence electrons. The van der Waals surface area contributed by atoms with Gasteiger partial charge in [0, 0.05) is 26.2 Å². The van der Waals surface area contributed by atoms with E-state index in [4.69, 9.17) is 0 Å². The molecule has 0 unspecified atom stereocenters. The minimum atomic E-state index is -3.37. The number of benzene rings is 1. The first kappa shape index (κ1) is 15.0. The lowest BCUT2D eigenvalue weighted by molar-refractivity contribution is 0.246. The van der Waals surface area contributed by atoms with Crippen molar-refractivity contribution in [2.75, 3.05) is 7.05 Å². The Morgan fingerprint density at radius 2 is 1.76 bits per heavy atom. The third-order valence-corrected chi connectivity index (χ3v) is 6.89. The molecule has 0 spiro atoms. The van der Waals surface area contributed by atoms with E-state index in [2.05, 4.69) is 12.2 Å². The lowest BCUT2D eigenvalue weighted by Gasteiger charge is -2.32. The summed E-state index contributed by atoms with van der Waals surface area (Å²) in [6.45, 7) is 3.85. The Hall–Kier alpha value is -0.910. The van der Waals surface area contributed by atoms with Crippen molar-refractivity contribution in [2.24, 2.45) is 5.92 Å². The van der Waals surface area contributed by atoms with Crippen molar-refractivity contribution >= 4 is 10.0 Å². The zero-order chi connectivity index (χ0) is 15.0. The molecule has 0 aromatic heterocycles. The Morgan fingerprint density at radius 3 is 2.48 bits per heavy atom. The zero-order valence-corrected chi connectivity index (χ0v) is 13.6. The highest BCUT2D eigenvalue weighted by atomic mass is 32.2. The van der Waals surface area contributed by atoms with Gasteiger partial charge in [-0.2, -0.15) is 4.31 Å². The Balaban J connectivity index is 1.82. The van der Waals surface area contributed by atoms with Gasteiger partial charge in [0.2, 0.25) is 10.0 Å². The van der Waals surface area contributed by atoms with Crippen LogP contribution < -0.4 is 5.32 Å². The highest BCUT2D eigenvalue weighted by Gasteiger charge is 2.31. The van der Waals surface area contributed by atoms with Gasteiger partial charge in [-0.15, -0.1) is 0 Å². The first-order valence-electron chi connectivity index (χ1n) is 7.79. The molecule has 5 heteroatoms. The normalized spacial score (nSPS) is 26.0. The SMILES string of the molecule is CC1CCC(N(C)S(=O)(=O)c2ccc3c(c2)CNC3)CC1. The first-order valence-corrected chi connectivity index (χ1v) is 9.23. The molecule has 3 rings (SSSR count). The molecule has 0 radical (unpaired) electrons. The second kappa shape index (κ2) is 5.71. The Kier molecular flexibility index (Phi) is 4.08. The number of nitrogens with zero attached hydrogens (tertiary/aromatic N) is 1. The molecule has 2 aliphatic rings. The van der Waals surface area contributed by atoms with Crippen molar-refractivity contribution in [2.45, 2.75) is 56.6 Å². The van der Waals surface area contributed by atoms with E-state index in [-0.39, 0.29) is 6.04 Å². The predicted octanol–water partition coefficient (Wildman–Crippen LogP) is 2.49. The van der Waals surface area contributed by atoms with Crippen LogP contribution in [0.1, 0.15) is 43.7 Å². The van der Waals surface area contributed by atoms with Gasteiger partial charge in [-0.3, -0.25) is 0 Å². The van der Waals surface area contributed by atoms with Crippen molar-refractivity contribution in [3.8, 4) is 0 Å². The van der Waals surface area contributed by atoms with E-state index < -0.39 is 10.0 Å². The van der Waals surface area contributed by atoms with Crippen molar-refractivity contribution in [1.29, 1.82) is 0 Å². The summed E-state index contributed by atoms with van der Waals surface area (Å²) >= 11 is 0. The number of nitrogens with one attached hydrogen (secondary N) is 1. The molecule has 21 heavy (non-hydrogen) atoms. The summed E-state index contributed by atoms with van der Waals surface area (Å²) in [6, 6.07) is 5.69. The van der Waals surface area contributed by atoms with Crippen molar-refractivity contribution in [3.63, 3.8) is 0 Å². The molecular weight excluding hydrogens is 284 g/mol. The van der Waals surface area contributed by atoms with Crippen molar-refractivity contribution in [3.05, 3.63) is 29.3 Å². The smallest absolute Gasteiger partial charge is 0.243 e. The van der Waals surface area contributed by atoms with Crippen LogP contribution in [0, 0.1) is 5.92 Å². The summed E-state index contributed by atoms with van der Waals surface area (Å²) in [5.74, 6) is 0.725. The van der Waals surface area contributed by atoms with Gasteiger partial charge < -0.3 is 5.32 Å². The van der Waals surface area contributed by atoms with Crippen molar-refractivity contribution in [1.82, 2.24) is 9.62 Å². The molecule has 0 amide bonds. The molecule has 1 saturated carbocycles. The standard InChI is InChI=1S/C16H24N2O2S/c1-12-3-6-15(7-4-12)18(2)21(19,20)16-8-5-13-10-17-11-14(13)9-16/h5,8-9,12,15,17H,3-4,6-7,10-11H2,1-2H3. The third kappa shape index (κ3) is 2.87. The van der Waals surface area contributed by atoms with Crippen LogP contribution in [0.4, 0.5) is 0 Å². The predicted molar refractivity (Wildman–Crippen MR) is 83.4 cm³/mol. The fraction of sp³-hybridized carbons (Fsp3) is 0.625. The third-order valence-electron chi connectivity index (χ3n) is 4.99. The first-order chi connectivity index (χ1) is 9.98. The maximum Gasteiger partial charge on any atom is 0.243 e. The molecule has 1 aromatic rings. The summed E-state index contributed by atoms with van der Waals surface area (Å²) in [7, 11) is -1.63. The number of rotatable bonds is 3. The highest BCUT2D eigenvalue weighted by molar-refractivity contribution is 7.89. The summed E-state index contributed by atoms with van der Waals surface area (Å²) in [4.78, 5) is 0.436. The quantitative estimate of drug-likeness (QED) is 0.933. The number of sulfonamides is 1. The number of hydrogen-bond acceptors (Lipinski definition) is 3. The average Bonchev–Trinajstić information content (AvgIpc) is 2.94. The maximum atomic E-state index is 12.8. The van der Waals surface area contributed by atoms with Crippen LogP contribution in [-0.4, -0.2) is 25.8 Å². The van der Waals surface area contributed by atoms with Crippen LogP contribution in [-0.2, 0) is 23.1 Å². The molecule has 1 aliphatic heterocycles. The highest BCUT2D eigenvalue weighted by Crippen LogP contribution is 2.30. The second-order valence-corrected chi connectivity index (χ2v) is 8.47. The van der Waals surface area contributed by atoms with E-state index in [1.807, 2.05) is 12.1 Å². The van der Waals surface area contributed by atoms with Gasteiger partial charge in [-0.1, -0.05) is 13.0 Å². The Morgan fingerprint density at radius 1 is 1.10 bits per heavy atom. The molecule has 1 aromatic carbocycles. The number of fused-ring (bicyclic) bond motifs is 1. The minimum absolute atomic E-state index is 0.151. The van der Waals surface area contributed by atoms with Gasteiger partial charge in [0.1, 0.15) is 0 Å². The van der Waals surface area contributed by atoms with E-state index in [9.17, 15) is 8.42 Å². The fourth-order valence-electron chi connectivity index (χ4n) is 3.40. The van der Waals surface area contributed by atoms with Gasteiger partial charge in [0.15, 0.2) is 0 Å². The average molecular weight is 308 g/mol. The van der Waals surface area contributed by atoms with Gasteiger partial charge in [-0.05, 0) is 54.9 Å². The van der Waals surface area contributed by atoms with Crippen LogP contribution in [0.25, 0.3) is 0 Å². The molecule has 0 saturated heterocycles. The topological polar surface area (TPSA) is 49.4 Å². The van der Waals surface area contributed by atoms with E-state index in [1.54, 1.807) is 17.4 Å². The maximum absolute atomic E-state index is 12.8. The molecule has 4 nitrogen and oxygen atoms in total. The molecule has 0 bridgehead atoms. The van der Waals surface area contributed by atoms with E-state index in [0.29, 0.717) is 4.90 Å². The summed E-state index contributed by atoms with van der Waals surface area (Å²) in [5.41, 5.74) is 2.32. The molecule has 1 heterocycles. The minimum Gasteiger partial charge on any atom is -0.309 e. The van der Waals surface area contributed by atoms with Gasteiger partial charge in [0.25, 0.3) is 0 Å². The largest absolute Gasteiger partial charge is 0.309 e. The van der Waals surface area contributed by atoms with Crippen LogP contribution in [0.15, 0.2) is 23.1 Å². The molecule has 0 atom stereocenters. The van der Waals surface area contributed by atoms with E-state index in [1.165, 1.54) is 5.56 Å². The van der Waals surface area contributed by atoms with Gasteiger partial charge in [0.05, 0.1) is 4.90 Å². The molecule has 1 fully saturated rings. The summed E-state index contributed by atoms with van der Waals surface area (Å²) in [6.07, 6.45) is 4.20. The Bertz CT molecular complexity index is 619. The van der Waals surface area contributed by atoms with Crippen LogP contribution in [0.3, 0.4) is 0 Å². The van der Waals surface area contributed by atoms with E-state index >= 15 is 0 Å². The zero-order valence-electron chi connectivity index (χ0n) is 12.8. The number of hydrogen-bond donors (Lipinski definition) is 1. The molecule has 1 N–H and O–H groups in total.